The molecule has 1 aromatic heterocycles. The normalized spacial score (nSPS) is 14.1. The van der Waals surface area contributed by atoms with Gasteiger partial charge in [0, 0.05) is 124 Å². The number of carbonyl (C=O) groups is 14. The van der Waals surface area contributed by atoms with Crippen LogP contribution in [0.25, 0.3) is 11.3 Å². The Hall–Kier alpha value is -11.2. The predicted molar refractivity (Wildman–Crippen MR) is 543 cm³/mol. The molecule has 147 heavy (non-hydrogen) atoms. The lowest BCUT2D eigenvalue weighted by Crippen LogP contribution is -2.53. The summed E-state index contributed by atoms with van der Waals surface area (Å²) in [6, 6.07) is 15.2. The lowest BCUT2D eigenvalue weighted by atomic mass is 10.0. The van der Waals surface area contributed by atoms with Crippen molar-refractivity contribution in [1.82, 2.24) is 77.1 Å². The molecule has 1 aliphatic heterocycles. The molecule has 822 valence electrons. The number of urea groups is 2. The number of nitrogens with one attached hydrogen (secondary N) is 10. The number of hydrogen-bond acceptors (Lipinski definition) is 32. The Morgan fingerprint density at radius 1 is 0.381 bits per heavy atom. The average molecular weight is 2210 g/mol. The van der Waals surface area contributed by atoms with Gasteiger partial charge in [-0.05, 0) is 166 Å². The van der Waals surface area contributed by atoms with E-state index < -0.39 is 134 Å². The fourth-order valence-corrected chi connectivity index (χ4v) is 15.1. The van der Waals surface area contributed by atoms with E-state index in [1.807, 2.05) is 24.3 Å². The van der Waals surface area contributed by atoms with Gasteiger partial charge in [-0.3, -0.25) is 62.8 Å². The van der Waals surface area contributed by atoms with Crippen LogP contribution in [0, 0.1) is 3.57 Å². The lowest BCUT2D eigenvalue weighted by molar-refractivity contribution is -0.142. The molecule has 1 saturated heterocycles. The maximum Gasteiger partial charge on any atom is 0.326 e. The first-order chi connectivity index (χ1) is 70.9. The van der Waals surface area contributed by atoms with Gasteiger partial charge in [0.05, 0.1) is 184 Å². The number of halogens is 1. The molecule has 8 amide bonds. The Balaban J connectivity index is 0.949. The van der Waals surface area contributed by atoms with E-state index in [4.69, 9.17) is 69.4 Å². The number of unbranched alkanes of at least 4 members (excludes halogenated alkanes) is 3. The minimum absolute atomic E-state index is 0.00758. The summed E-state index contributed by atoms with van der Waals surface area (Å²) in [4.78, 5) is 177. The van der Waals surface area contributed by atoms with E-state index >= 15 is 0 Å². The highest BCUT2D eigenvalue weighted by molar-refractivity contribution is 14.1. The van der Waals surface area contributed by atoms with Crippen LogP contribution in [0.15, 0.2) is 79.0 Å². The summed E-state index contributed by atoms with van der Waals surface area (Å²) in [6.45, 7) is 6.76. The second kappa shape index (κ2) is 78.1. The molecular formula is C95H146IN17O33S. The number of benzene rings is 3. The summed E-state index contributed by atoms with van der Waals surface area (Å²) in [5, 5.41) is 112. The number of hydrogen-bond donors (Lipinski definition) is 18. The molecule has 0 radical (unpaired) electrons. The molecule has 18 N–H and O–H groups in total. The zero-order chi connectivity index (χ0) is 107. The van der Waals surface area contributed by atoms with Crippen LogP contribution in [-0.2, 0) is 129 Å². The molecule has 3 aromatic carbocycles. The van der Waals surface area contributed by atoms with Crippen molar-refractivity contribution >= 4 is 135 Å². The molecule has 50 nitrogen and oxygen atoms in total. The van der Waals surface area contributed by atoms with E-state index in [1.165, 1.54) is 5.56 Å². The number of rotatable bonds is 82. The standard InChI is InChI=1S/C95H146IN17O33S/c96-72-20-16-69(17-21-72)9-7-15-81(114)97-28-4-2-13-77(90(128)129)104-83(116)27-40-137-44-48-141-51-53-143-55-57-145-59-60-146-58-56-144-54-52-142-49-45-138-41-31-98-89(127)76(12-1-6-30-100-95(147)102-73-22-18-70(19-23-73)61-75-63-111(67-87(123)124)35-34-109(65-85(119)120)32-33-110(66-86(121)122)36-37-112(75)68-88(125)126)103-82(115)26-39-136-43-47-140-50-46-139-42-38-113-64-80(107-108-113)71-10-8-11-74(62-71)101-93(134)99-29-5-3-14-78(91(130)131)105-94(135)106-79(92(132)133)24-25-84(117)118/h8,10-11,16-23,62,64,75-79H,1-7,9,12-15,24-61,63,65-68H2,(H,97,114)(H,98,127)(H,103,115)(H,104,116)(H,117,118)(H,119,120)(H,121,122)(H,123,124)(H,125,126)(H,128,129)(H,130,131)(H,132,133)(H2,99,101,134)(H2,100,102,147)(H2,105,106,135)/t75?,76-,77-,78-,79-/m0/s1. The highest BCUT2D eigenvalue weighted by Crippen LogP contribution is 2.22. The maximum atomic E-state index is 13.7. The predicted octanol–water partition coefficient (Wildman–Crippen LogP) is 1.98. The van der Waals surface area contributed by atoms with Gasteiger partial charge < -0.3 is 146 Å². The van der Waals surface area contributed by atoms with Gasteiger partial charge in [0.25, 0.3) is 0 Å². The van der Waals surface area contributed by atoms with Crippen LogP contribution >= 0.6 is 34.8 Å². The van der Waals surface area contributed by atoms with Gasteiger partial charge >= 0.3 is 59.8 Å². The molecule has 52 heteroatoms. The van der Waals surface area contributed by atoms with Crippen LogP contribution < -0.4 is 53.2 Å². The molecule has 0 aliphatic carbocycles. The summed E-state index contributed by atoms with van der Waals surface area (Å²) < 4.78 is 64.4. The zero-order valence-electron chi connectivity index (χ0n) is 83.0. The largest absolute Gasteiger partial charge is 0.481 e. The van der Waals surface area contributed by atoms with E-state index in [-0.39, 0.29) is 207 Å². The van der Waals surface area contributed by atoms with Gasteiger partial charge in [0.2, 0.25) is 23.6 Å². The summed E-state index contributed by atoms with van der Waals surface area (Å²) in [6.07, 6.45) is 6.07. The number of nitrogens with zero attached hydrogens (tertiary/aromatic N) is 7. The van der Waals surface area contributed by atoms with E-state index in [0.29, 0.717) is 147 Å². The minimum atomic E-state index is -1.54. The molecule has 1 unspecified atom stereocenters. The van der Waals surface area contributed by atoms with Gasteiger partial charge in [0.1, 0.15) is 29.9 Å². The number of amides is 8. The summed E-state index contributed by atoms with van der Waals surface area (Å²) in [7, 11) is 0. The van der Waals surface area contributed by atoms with Crippen LogP contribution in [0.5, 0.6) is 0 Å². The van der Waals surface area contributed by atoms with Gasteiger partial charge in [0.15, 0.2) is 5.11 Å². The van der Waals surface area contributed by atoms with Gasteiger partial charge in [-0.15, -0.1) is 5.10 Å². The number of anilines is 2. The molecule has 0 spiro atoms. The number of aliphatic carboxylic acids is 8. The van der Waals surface area contributed by atoms with Gasteiger partial charge in [-0.2, -0.15) is 0 Å². The quantitative estimate of drug-likeness (QED) is 0.0171. The second-order valence-corrected chi connectivity index (χ2v) is 35.5. The Morgan fingerprint density at radius 3 is 1.32 bits per heavy atom. The first-order valence-corrected chi connectivity index (χ1v) is 50.5. The number of ether oxygens (including phenoxy) is 11. The number of thiocarbonyl (C=S) groups is 1. The number of carboxylic acids is 8. The van der Waals surface area contributed by atoms with Gasteiger partial charge in [-0.25, -0.2) is 28.7 Å². The van der Waals surface area contributed by atoms with Crippen molar-refractivity contribution in [3.63, 3.8) is 0 Å². The van der Waals surface area contributed by atoms with E-state index in [1.54, 1.807) is 66.9 Å². The van der Waals surface area contributed by atoms with E-state index in [0.717, 1.165) is 22.0 Å². The summed E-state index contributed by atoms with van der Waals surface area (Å²) in [5.41, 5.74) is 4.18. The van der Waals surface area contributed by atoms with Crippen molar-refractivity contribution < 1.29 is 160 Å². The summed E-state index contributed by atoms with van der Waals surface area (Å²) in [5.74, 6) is -11.0. The van der Waals surface area contributed by atoms with Gasteiger partial charge in [-0.1, -0.05) is 41.6 Å². The lowest BCUT2D eigenvalue weighted by Gasteiger charge is -2.37. The van der Waals surface area contributed by atoms with Crippen LogP contribution in [0.2, 0.25) is 0 Å². The second-order valence-electron chi connectivity index (χ2n) is 33.9. The third-order valence-electron chi connectivity index (χ3n) is 22.1. The molecule has 0 saturated carbocycles. The van der Waals surface area contributed by atoms with Crippen molar-refractivity contribution in [3.8, 4) is 11.3 Å². The fraction of sp³-hybridized carbons (Fsp3) is 0.632. The third kappa shape index (κ3) is 63.3. The van der Waals surface area contributed by atoms with Crippen LogP contribution in [0.1, 0.15) is 107 Å². The molecule has 1 fully saturated rings. The Labute approximate surface area is 872 Å². The van der Waals surface area contributed by atoms with E-state index in [9.17, 15) is 103 Å². The van der Waals surface area contributed by atoms with Crippen LogP contribution in [0.4, 0.5) is 21.0 Å². The number of aromatic nitrogens is 3. The third-order valence-corrected chi connectivity index (χ3v) is 23.1. The van der Waals surface area contributed by atoms with Crippen molar-refractivity contribution in [2.45, 2.75) is 146 Å². The zero-order valence-corrected chi connectivity index (χ0v) is 86.0. The van der Waals surface area contributed by atoms with Crippen LogP contribution in [-0.4, -0.2) is 438 Å². The smallest absolute Gasteiger partial charge is 0.326 e. The van der Waals surface area contributed by atoms with Crippen molar-refractivity contribution in [2.24, 2.45) is 0 Å². The van der Waals surface area contributed by atoms with Crippen molar-refractivity contribution in [1.29, 1.82) is 0 Å². The van der Waals surface area contributed by atoms with E-state index in [2.05, 4.69) is 98.2 Å². The molecule has 4 aromatic rings. The molecule has 2 heterocycles. The highest BCUT2D eigenvalue weighted by Gasteiger charge is 2.31. The maximum absolute atomic E-state index is 13.7. The Bertz CT molecular complexity index is 4540. The number of carboxylic acid groups (broad SMARTS) is 8. The first kappa shape index (κ1) is 126. The molecular weight excluding hydrogens is 2070 g/mol. The molecule has 1 aliphatic rings. The van der Waals surface area contributed by atoms with Crippen molar-refractivity contribution in [3.05, 3.63) is 93.7 Å². The monoisotopic (exact) mass is 2210 g/mol. The summed E-state index contributed by atoms with van der Waals surface area (Å²) >= 11 is 7.88. The first-order valence-electron chi connectivity index (χ1n) is 49.0. The highest BCUT2D eigenvalue weighted by atomic mass is 127. The number of carbonyl (C=O) groups excluding carboxylic acids is 6. The molecule has 5 atom stereocenters. The molecule has 0 bridgehead atoms. The topological polar surface area (TPSA) is 666 Å². The average Bonchev–Trinajstić information content (AvgIpc) is 1.65. The van der Waals surface area contributed by atoms with Crippen LogP contribution in [0.3, 0.4) is 0 Å². The fourth-order valence-electron chi connectivity index (χ4n) is 14.5. The Kier molecular flexibility index (Phi) is 67.1. The minimum Gasteiger partial charge on any atom is -0.481 e. The SMILES string of the molecule is O=C(O)CC[C@H](NC(=O)N[C@@H](CCCCNC(=O)Nc1cccc(-c2cn(CCOCCOCCOCCC(=O)N[C@@H](CCCCNC(=S)Nc3ccc(CC4CN(CC(=O)O)CCN(CC(=O)O)CCN(CC(=O)O)CCN4CC(=O)O)cc3)C(=O)NCCOCCOCCOCCOCCOCCOCCOCCOCCC(=O)N[C@@H](CCCCNC(=O)CCCc3ccc(I)cc3)C(=O)O)nn2)c1)C(=O)O)C(=O)O. The van der Waals surface area contributed by atoms with Crippen molar-refractivity contribution in [2.75, 3.05) is 254 Å². The molecule has 5 rings (SSSR count). The Morgan fingerprint density at radius 2 is 0.816 bits per heavy atom. The number of aryl methyl sites for hydroxylation is 1.